The van der Waals surface area contributed by atoms with E-state index in [0.29, 0.717) is 12.5 Å². The van der Waals surface area contributed by atoms with Gasteiger partial charge >= 0.3 is 5.97 Å². The highest BCUT2D eigenvalue weighted by Crippen LogP contribution is 2.28. The van der Waals surface area contributed by atoms with Crippen LogP contribution in [0.1, 0.15) is 38.7 Å². The fourth-order valence-corrected chi connectivity index (χ4v) is 1.87. The van der Waals surface area contributed by atoms with Crippen molar-refractivity contribution in [2.45, 2.75) is 33.1 Å². The molecule has 0 spiro atoms. The molecule has 0 fully saturated rings. The average molecular weight is 265 g/mol. The predicted octanol–water partition coefficient (Wildman–Crippen LogP) is 3.34. The number of carboxylic acid groups (broad SMARTS) is 1. The van der Waals surface area contributed by atoms with Gasteiger partial charge in [0.25, 0.3) is 0 Å². The van der Waals surface area contributed by atoms with Crippen LogP contribution in [0.15, 0.2) is 18.2 Å². The first-order valence-corrected chi connectivity index (χ1v) is 6.57. The Labute approximate surface area is 114 Å². The highest BCUT2D eigenvalue weighted by atomic mass is 16.5. The summed E-state index contributed by atoms with van der Waals surface area (Å²) in [5.74, 6) is 0.561. The zero-order chi connectivity index (χ0) is 14.4. The van der Waals surface area contributed by atoms with Gasteiger partial charge in [-0.1, -0.05) is 26.8 Å². The van der Waals surface area contributed by atoms with E-state index < -0.39 is 5.97 Å². The van der Waals surface area contributed by atoms with Gasteiger partial charge in [-0.15, -0.1) is 0 Å². The molecule has 0 aromatic heterocycles. The highest BCUT2D eigenvalue weighted by Gasteiger charge is 2.10. The quantitative estimate of drug-likeness (QED) is 0.794. The molecule has 1 rings (SSSR count). The van der Waals surface area contributed by atoms with E-state index in [1.54, 1.807) is 7.11 Å². The van der Waals surface area contributed by atoms with Crippen LogP contribution in [-0.4, -0.2) is 24.7 Å². The van der Waals surface area contributed by atoms with E-state index >= 15 is 0 Å². The second kappa shape index (κ2) is 7.02. The number of ether oxygens (including phenoxy) is 1. The molecule has 0 radical (unpaired) electrons. The molecule has 1 aromatic rings. The second-order valence-electron chi connectivity index (χ2n) is 5.20. The summed E-state index contributed by atoms with van der Waals surface area (Å²) in [6, 6.07) is 6.08. The van der Waals surface area contributed by atoms with Crippen molar-refractivity contribution >= 4 is 11.7 Å². The van der Waals surface area contributed by atoms with E-state index in [-0.39, 0.29) is 12.3 Å². The number of hydrogen-bond donors (Lipinski definition) is 2. The van der Waals surface area contributed by atoms with Crippen molar-refractivity contribution in [1.82, 2.24) is 0 Å². The molecule has 0 saturated carbocycles. The van der Waals surface area contributed by atoms with Gasteiger partial charge in [0.15, 0.2) is 0 Å². The lowest BCUT2D eigenvalue weighted by Gasteiger charge is -2.16. The molecule has 0 amide bonds. The van der Waals surface area contributed by atoms with Crippen molar-refractivity contribution in [3.63, 3.8) is 0 Å². The summed E-state index contributed by atoms with van der Waals surface area (Å²) in [5.41, 5.74) is 2.13. The lowest BCUT2D eigenvalue weighted by molar-refractivity contribution is -0.137. The standard InChI is InChI=1S/C15H23NO3/c1-10(2)12-5-6-13(14(8-12)19-4)16-9-11(3)7-15(17)18/h5-6,8,10-11,16H,7,9H2,1-4H3,(H,17,18). The highest BCUT2D eigenvalue weighted by molar-refractivity contribution is 5.67. The Morgan fingerprint density at radius 1 is 1.37 bits per heavy atom. The minimum Gasteiger partial charge on any atom is -0.495 e. The van der Waals surface area contributed by atoms with Crippen LogP contribution < -0.4 is 10.1 Å². The molecule has 1 atom stereocenters. The number of rotatable bonds is 7. The maximum absolute atomic E-state index is 10.6. The van der Waals surface area contributed by atoms with Gasteiger partial charge in [0.1, 0.15) is 5.75 Å². The molecule has 0 bridgehead atoms. The van der Waals surface area contributed by atoms with Crippen LogP contribution >= 0.6 is 0 Å². The third-order valence-electron chi connectivity index (χ3n) is 3.06. The SMILES string of the molecule is COc1cc(C(C)C)ccc1NCC(C)CC(=O)O. The van der Waals surface area contributed by atoms with Crippen LogP contribution in [-0.2, 0) is 4.79 Å². The summed E-state index contributed by atoms with van der Waals surface area (Å²) >= 11 is 0. The number of methoxy groups -OCH3 is 1. The summed E-state index contributed by atoms with van der Waals surface area (Å²) in [6.45, 7) is 6.80. The van der Waals surface area contributed by atoms with Crippen molar-refractivity contribution in [3.05, 3.63) is 23.8 Å². The Morgan fingerprint density at radius 3 is 2.58 bits per heavy atom. The van der Waals surface area contributed by atoms with Crippen LogP contribution in [0.2, 0.25) is 0 Å². The molecular formula is C15H23NO3. The topological polar surface area (TPSA) is 58.6 Å². The first kappa shape index (κ1) is 15.3. The van der Waals surface area contributed by atoms with Gasteiger partial charge in [-0.25, -0.2) is 0 Å². The fourth-order valence-electron chi connectivity index (χ4n) is 1.87. The van der Waals surface area contributed by atoms with Crippen molar-refractivity contribution in [2.75, 3.05) is 19.0 Å². The van der Waals surface area contributed by atoms with E-state index in [9.17, 15) is 4.79 Å². The second-order valence-corrected chi connectivity index (χ2v) is 5.20. The number of nitrogens with one attached hydrogen (secondary N) is 1. The number of aliphatic carboxylic acids is 1. The number of hydrogen-bond acceptors (Lipinski definition) is 3. The summed E-state index contributed by atoms with van der Waals surface area (Å²) in [6.07, 6.45) is 0.166. The van der Waals surface area contributed by atoms with Crippen molar-refractivity contribution in [2.24, 2.45) is 5.92 Å². The van der Waals surface area contributed by atoms with E-state index in [1.165, 1.54) is 5.56 Å². The van der Waals surface area contributed by atoms with Gasteiger partial charge < -0.3 is 15.2 Å². The van der Waals surface area contributed by atoms with Gasteiger partial charge in [0.2, 0.25) is 0 Å². The van der Waals surface area contributed by atoms with Gasteiger partial charge in [-0.2, -0.15) is 0 Å². The van der Waals surface area contributed by atoms with E-state index in [0.717, 1.165) is 11.4 Å². The normalized spacial score (nSPS) is 12.3. The molecule has 2 N–H and O–H groups in total. The molecular weight excluding hydrogens is 242 g/mol. The third kappa shape index (κ3) is 4.81. The summed E-state index contributed by atoms with van der Waals surface area (Å²) in [5, 5.41) is 12.0. The van der Waals surface area contributed by atoms with Crippen LogP contribution in [0.3, 0.4) is 0 Å². The molecule has 4 nitrogen and oxygen atoms in total. The van der Waals surface area contributed by atoms with Crippen molar-refractivity contribution in [3.8, 4) is 5.75 Å². The molecule has 0 aliphatic heterocycles. The van der Waals surface area contributed by atoms with E-state index in [4.69, 9.17) is 9.84 Å². The van der Waals surface area contributed by atoms with Crippen molar-refractivity contribution in [1.29, 1.82) is 0 Å². The maximum atomic E-state index is 10.6. The predicted molar refractivity (Wildman–Crippen MR) is 77.0 cm³/mol. The number of benzene rings is 1. The number of carboxylic acids is 1. The molecule has 0 aliphatic rings. The molecule has 19 heavy (non-hydrogen) atoms. The average Bonchev–Trinajstić information content (AvgIpc) is 2.35. The van der Waals surface area contributed by atoms with Gasteiger partial charge in [0.05, 0.1) is 12.8 Å². The maximum Gasteiger partial charge on any atom is 0.303 e. The van der Waals surface area contributed by atoms with Crippen LogP contribution in [0.4, 0.5) is 5.69 Å². The zero-order valence-corrected chi connectivity index (χ0v) is 12.1. The molecule has 0 saturated heterocycles. The van der Waals surface area contributed by atoms with Gasteiger partial charge in [0, 0.05) is 13.0 Å². The minimum atomic E-state index is -0.767. The van der Waals surface area contributed by atoms with Gasteiger partial charge in [-0.3, -0.25) is 4.79 Å². The lowest BCUT2D eigenvalue weighted by Crippen LogP contribution is -2.15. The lowest BCUT2D eigenvalue weighted by atomic mass is 10.0. The molecule has 4 heteroatoms. The minimum absolute atomic E-state index is 0.0759. The molecule has 0 heterocycles. The summed E-state index contributed by atoms with van der Waals surface area (Å²) < 4.78 is 5.37. The molecule has 106 valence electrons. The number of anilines is 1. The first-order chi connectivity index (χ1) is 8.93. The Balaban J connectivity index is 2.70. The molecule has 1 aromatic carbocycles. The van der Waals surface area contributed by atoms with E-state index in [2.05, 4.69) is 25.2 Å². The van der Waals surface area contributed by atoms with E-state index in [1.807, 2.05) is 19.1 Å². The monoisotopic (exact) mass is 265 g/mol. The Morgan fingerprint density at radius 2 is 2.05 bits per heavy atom. The fraction of sp³-hybridized carbons (Fsp3) is 0.533. The Bertz CT molecular complexity index is 429. The van der Waals surface area contributed by atoms with Crippen molar-refractivity contribution < 1.29 is 14.6 Å². The molecule has 1 unspecified atom stereocenters. The molecule has 0 aliphatic carbocycles. The van der Waals surface area contributed by atoms with Gasteiger partial charge in [-0.05, 0) is 29.5 Å². The van der Waals surface area contributed by atoms with Crippen LogP contribution in [0.5, 0.6) is 5.75 Å². The largest absolute Gasteiger partial charge is 0.495 e. The number of carbonyl (C=O) groups is 1. The Hall–Kier alpha value is -1.71. The Kier molecular flexibility index (Phi) is 5.67. The zero-order valence-electron chi connectivity index (χ0n) is 12.1. The first-order valence-electron chi connectivity index (χ1n) is 6.57. The van der Waals surface area contributed by atoms with Crippen LogP contribution in [0, 0.1) is 5.92 Å². The smallest absolute Gasteiger partial charge is 0.303 e. The van der Waals surface area contributed by atoms with Crippen LogP contribution in [0.25, 0.3) is 0 Å². The summed E-state index contributed by atoms with van der Waals surface area (Å²) in [4.78, 5) is 10.6. The third-order valence-corrected chi connectivity index (χ3v) is 3.06. The summed E-state index contributed by atoms with van der Waals surface area (Å²) in [7, 11) is 1.64.